The summed E-state index contributed by atoms with van der Waals surface area (Å²) in [6.07, 6.45) is 4.07. The Morgan fingerprint density at radius 3 is 2.89 bits per heavy atom. The third-order valence-corrected chi connectivity index (χ3v) is 5.29. The highest BCUT2D eigenvalue weighted by atomic mass is 79.9. The molecule has 4 nitrogen and oxygen atoms in total. The van der Waals surface area contributed by atoms with Crippen LogP contribution in [0, 0.1) is 5.92 Å². The molecule has 0 radical (unpaired) electrons. The molecule has 1 aliphatic carbocycles. The van der Waals surface area contributed by atoms with Gasteiger partial charge < -0.3 is 15.2 Å². The van der Waals surface area contributed by atoms with Gasteiger partial charge in [0.15, 0.2) is 0 Å². The minimum atomic E-state index is -0.434. The van der Waals surface area contributed by atoms with Gasteiger partial charge in [-0.2, -0.15) is 0 Å². The molecule has 0 unspecified atom stereocenters. The van der Waals surface area contributed by atoms with Crippen LogP contribution in [0.25, 0.3) is 0 Å². The van der Waals surface area contributed by atoms with Gasteiger partial charge in [0, 0.05) is 12.6 Å². The van der Waals surface area contributed by atoms with Crippen LogP contribution in [-0.2, 0) is 0 Å². The summed E-state index contributed by atoms with van der Waals surface area (Å²) < 4.78 is 5.92. The summed E-state index contributed by atoms with van der Waals surface area (Å²) in [6.45, 7) is 0.321. The lowest BCUT2D eigenvalue weighted by atomic mass is 10.0. The highest BCUT2D eigenvalue weighted by Crippen LogP contribution is 2.34. The van der Waals surface area contributed by atoms with Crippen LogP contribution in [0.2, 0.25) is 0 Å². The highest BCUT2D eigenvalue weighted by molar-refractivity contribution is 9.11. The van der Waals surface area contributed by atoms with Crippen molar-refractivity contribution in [3.05, 3.63) is 14.7 Å². The number of rotatable bonds is 5. The zero-order valence-corrected chi connectivity index (χ0v) is 13.2. The van der Waals surface area contributed by atoms with E-state index in [0.29, 0.717) is 23.1 Å². The van der Waals surface area contributed by atoms with Gasteiger partial charge >= 0.3 is 0 Å². The number of carbonyl (C=O) groups excluding carboxylic acids is 1. The van der Waals surface area contributed by atoms with Crippen LogP contribution in [0.4, 0.5) is 0 Å². The summed E-state index contributed by atoms with van der Waals surface area (Å²) in [5.41, 5.74) is 0. The van der Waals surface area contributed by atoms with Gasteiger partial charge in [-0.15, -0.1) is 11.3 Å². The molecule has 0 saturated heterocycles. The zero-order valence-electron chi connectivity index (χ0n) is 10.8. The van der Waals surface area contributed by atoms with Crippen molar-refractivity contribution in [2.45, 2.75) is 31.8 Å². The minimum Gasteiger partial charge on any atom is -0.495 e. The van der Waals surface area contributed by atoms with Crippen molar-refractivity contribution in [2.24, 2.45) is 5.92 Å². The molecule has 19 heavy (non-hydrogen) atoms. The van der Waals surface area contributed by atoms with Crippen LogP contribution in [0.1, 0.15) is 35.4 Å². The Balaban J connectivity index is 1.86. The maximum Gasteiger partial charge on any atom is 0.261 e. The zero-order chi connectivity index (χ0) is 13.8. The summed E-state index contributed by atoms with van der Waals surface area (Å²) in [7, 11) is 1.57. The van der Waals surface area contributed by atoms with Crippen molar-refractivity contribution in [1.29, 1.82) is 0 Å². The number of hydrogen-bond donors (Lipinski definition) is 2. The number of aliphatic hydroxyl groups is 1. The Kier molecular flexibility index (Phi) is 5.24. The number of aliphatic hydroxyl groups excluding tert-OH is 1. The number of nitrogens with one attached hydrogen (secondary N) is 1. The fraction of sp³-hybridized carbons (Fsp3) is 0.615. The first-order valence-electron chi connectivity index (χ1n) is 6.41. The van der Waals surface area contributed by atoms with Crippen LogP contribution in [0.5, 0.6) is 5.75 Å². The maximum atomic E-state index is 12.0. The van der Waals surface area contributed by atoms with E-state index < -0.39 is 6.10 Å². The van der Waals surface area contributed by atoms with Crippen LogP contribution in [0.15, 0.2) is 9.85 Å². The van der Waals surface area contributed by atoms with Crippen LogP contribution in [0.3, 0.4) is 0 Å². The second kappa shape index (κ2) is 6.72. The molecule has 6 heteroatoms. The third-order valence-electron chi connectivity index (χ3n) is 3.51. The van der Waals surface area contributed by atoms with Gasteiger partial charge in [-0.05, 0) is 34.7 Å². The first-order chi connectivity index (χ1) is 9.11. The molecule has 0 aromatic carbocycles. The van der Waals surface area contributed by atoms with E-state index in [-0.39, 0.29) is 5.91 Å². The topological polar surface area (TPSA) is 58.6 Å². The fourth-order valence-corrected chi connectivity index (χ4v) is 3.96. The Hall–Kier alpha value is -0.590. The van der Waals surface area contributed by atoms with E-state index >= 15 is 0 Å². The minimum absolute atomic E-state index is 0.161. The van der Waals surface area contributed by atoms with Crippen LogP contribution >= 0.6 is 27.3 Å². The smallest absolute Gasteiger partial charge is 0.261 e. The Bertz CT molecular complexity index is 443. The van der Waals surface area contributed by atoms with Crippen molar-refractivity contribution in [3.8, 4) is 5.75 Å². The molecular formula is C13H18BrNO3S. The quantitative estimate of drug-likeness (QED) is 0.860. The first-order valence-corrected chi connectivity index (χ1v) is 8.02. The molecule has 1 saturated carbocycles. The monoisotopic (exact) mass is 347 g/mol. The number of amides is 1. The summed E-state index contributed by atoms with van der Waals surface area (Å²) in [6, 6.07) is 1.70. The molecule has 2 rings (SSSR count). The lowest BCUT2D eigenvalue weighted by Gasteiger charge is -2.17. The van der Waals surface area contributed by atoms with Crippen molar-refractivity contribution >= 4 is 33.2 Å². The summed E-state index contributed by atoms with van der Waals surface area (Å²) in [5.74, 6) is 0.836. The largest absolute Gasteiger partial charge is 0.495 e. The van der Waals surface area contributed by atoms with E-state index in [4.69, 9.17) is 4.74 Å². The van der Waals surface area contributed by atoms with Gasteiger partial charge in [0.1, 0.15) is 9.54 Å². The summed E-state index contributed by atoms with van der Waals surface area (Å²) in [5, 5.41) is 12.8. The first kappa shape index (κ1) is 14.8. The molecule has 106 valence electrons. The van der Waals surface area contributed by atoms with Crippen molar-refractivity contribution < 1.29 is 14.6 Å². The fourth-order valence-electron chi connectivity index (χ4n) is 2.40. The molecule has 0 aliphatic heterocycles. The molecule has 1 amide bonds. The number of thiophene rings is 1. The Labute approximate surface area is 125 Å². The average Bonchev–Trinajstić information content (AvgIpc) is 3.04. The molecule has 1 heterocycles. The number of halogens is 1. The Morgan fingerprint density at radius 2 is 2.32 bits per heavy atom. The molecule has 1 aromatic rings. The highest BCUT2D eigenvalue weighted by Gasteiger charge is 2.24. The summed E-state index contributed by atoms with van der Waals surface area (Å²) in [4.78, 5) is 12.5. The van der Waals surface area contributed by atoms with E-state index in [1.54, 1.807) is 13.2 Å². The maximum absolute atomic E-state index is 12.0. The van der Waals surface area contributed by atoms with E-state index in [1.807, 2.05) is 0 Å². The van der Waals surface area contributed by atoms with E-state index in [2.05, 4.69) is 21.2 Å². The molecule has 0 spiro atoms. The van der Waals surface area contributed by atoms with Crippen molar-refractivity contribution in [3.63, 3.8) is 0 Å². The number of hydrogen-bond acceptors (Lipinski definition) is 4. The van der Waals surface area contributed by atoms with Gasteiger partial charge in [-0.1, -0.05) is 12.8 Å². The molecule has 1 atom stereocenters. The van der Waals surface area contributed by atoms with Gasteiger partial charge in [0.05, 0.1) is 18.1 Å². The van der Waals surface area contributed by atoms with Gasteiger partial charge in [0.2, 0.25) is 0 Å². The molecule has 2 N–H and O–H groups in total. The molecular weight excluding hydrogens is 330 g/mol. The third kappa shape index (κ3) is 3.70. The van der Waals surface area contributed by atoms with Crippen molar-refractivity contribution in [1.82, 2.24) is 5.32 Å². The lowest BCUT2D eigenvalue weighted by molar-refractivity contribution is 0.0844. The lowest BCUT2D eigenvalue weighted by Crippen LogP contribution is -2.35. The number of carbonyl (C=O) groups is 1. The molecule has 1 aromatic heterocycles. The SMILES string of the molecule is COc1cc(C(=O)NC[C@H](O)C2CCCC2)sc1Br. The molecule has 0 bridgehead atoms. The van der Waals surface area contributed by atoms with E-state index in [1.165, 1.54) is 24.2 Å². The number of methoxy groups -OCH3 is 1. The van der Waals surface area contributed by atoms with Gasteiger partial charge in [0.25, 0.3) is 5.91 Å². The van der Waals surface area contributed by atoms with E-state index in [9.17, 15) is 9.90 Å². The van der Waals surface area contributed by atoms with Gasteiger partial charge in [-0.25, -0.2) is 0 Å². The average molecular weight is 348 g/mol. The van der Waals surface area contributed by atoms with Crippen molar-refractivity contribution in [2.75, 3.05) is 13.7 Å². The Morgan fingerprint density at radius 1 is 1.63 bits per heavy atom. The predicted octanol–water partition coefficient (Wildman–Crippen LogP) is 2.80. The van der Waals surface area contributed by atoms with Crippen LogP contribution in [-0.4, -0.2) is 30.8 Å². The second-order valence-corrected chi connectivity index (χ2v) is 7.14. The van der Waals surface area contributed by atoms with Gasteiger partial charge in [-0.3, -0.25) is 4.79 Å². The van der Waals surface area contributed by atoms with Crippen LogP contribution < -0.4 is 10.1 Å². The predicted molar refractivity (Wildman–Crippen MR) is 78.9 cm³/mol. The van der Waals surface area contributed by atoms with E-state index in [0.717, 1.165) is 16.6 Å². The second-order valence-electron chi connectivity index (χ2n) is 4.77. The standard InChI is InChI=1S/C13H18BrNO3S/c1-18-10-6-11(19-12(10)14)13(17)15-7-9(16)8-4-2-3-5-8/h6,8-9,16H,2-5,7H2,1H3,(H,15,17)/t9-/m0/s1. The normalized spacial score (nSPS) is 17.4. The molecule has 1 aliphatic rings. The summed E-state index contributed by atoms with van der Waals surface area (Å²) >= 11 is 4.67. The molecule has 1 fully saturated rings. The number of ether oxygens (including phenoxy) is 1.